The molecule has 3 fully saturated rings. The molecule has 4 aliphatic heterocycles. The van der Waals surface area contributed by atoms with Gasteiger partial charge in [0.05, 0.1) is 52.9 Å². The third-order valence-corrected chi connectivity index (χ3v) is 16.0. The van der Waals surface area contributed by atoms with Gasteiger partial charge in [-0.1, -0.05) is 37.6 Å². The molecule has 1 unspecified atom stereocenters. The lowest BCUT2D eigenvalue weighted by Crippen LogP contribution is -2.56. The molecule has 2 atom stereocenters. The molecule has 5 aromatic rings. The molecule has 6 heterocycles. The van der Waals surface area contributed by atoms with Crippen molar-refractivity contribution in [2.45, 2.75) is 69.4 Å². The summed E-state index contributed by atoms with van der Waals surface area (Å²) < 4.78 is 55.2. The maximum absolute atomic E-state index is 14.6. The first-order valence-corrected chi connectivity index (χ1v) is 26.5. The van der Waals surface area contributed by atoms with Gasteiger partial charge in [-0.3, -0.25) is 14.9 Å². The number of pyridine rings is 1. The number of halogens is 1. The molecular weight excluding hydrogens is 948 g/mol. The number of nitrogens with one attached hydrogen (secondary N) is 3. The summed E-state index contributed by atoms with van der Waals surface area (Å²) in [6.07, 6.45) is 6.66. The molecule has 0 radical (unpaired) electrons. The Morgan fingerprint density at radius 1 is 0.958 bits per heavy atom. The third-order valence-electron chi connectivity index (χ3n) is 14.5. The van der Waals surface area contributed by atoms with Gasteiger partial charge < -0.3 is 49.5 Å². The van der Waals surface area contributed by atoms with Gasteiger partial charge in [0.15, 0.2) is 0 Å². The van der Waals surface area contributed by atoms with Gasteiger partial charge in [-0.05, 0) is 127 Å². The summed E-state index contributed by atoms with van der Waals surface area (Å²) in [6, 6.07) is 21.3. The molecule has 5 aliphatic rings. The molecule has 19 heteroatoms. The van der Waals surface area contributed by atoms with Gasteiger partial charge in [-0.15, -0.1) is 0 Å². The first-order chi connectivity index (χ1) is 34.3. The summed E-state index contributed by atoms with van der Waals surface area (Å²) in [5, 5.41) is 26.8. The zero-order valence-corrected chi connectivity index (χ0v) is 41.8. The number of hydrogen-bond acceptors (Lipinski definition) is 15. The number of sulfonamides is 1. The zero-order chi connectivity index (χ0) is 49.3. The number of ether oxygens (including phenoxy) is 4. The number of benzene rings is 3. The van der Waals surface area contributed by atoms with Gasteiger partial charge in [0, 0.05) is 88.0 Å². The maximum Gasteiger partial charge on any atom is 0.267 e. The average Bonchev–Trinajstić information content (AvgIpc) is 3.71. The lowest BCUT2D eigenvalue weighted by molar-refractivity contribution is 0.0264. The quantitative estimate of drug-likeness (QED) is 0.0974. The predicted molar refractivity (Wildman–Crippen MR) is 275 cm³/mol. The van der Waals surface area contributed by atoms with E-state index in [-0.39, 0.29) is 50.5 Å². The van der Waals surface area contributed by atoms with Gasteiger partial charge in [0.1, 0.15) is 11.3 Å². The number of rotatable bonds is 10. The molecule has 1 aliphatic carbocycles. The van der Waals surface area contributed by atoms with Crippen LogP contribution in [0.2, 0.25) is 5.02 Å². The minimum atomic E-state index is -4.58. The Morgan fingerprint density at radius 2 is 1.79 bits per heavy atom. The van der Waals surface area contributed by atoms with E-state index in [1.54, 1.807) is 12.3 Å². The van der Waals surface area contributed by atoms with Gasteiger partial charge in [0.2, 0.25) is 5.88 Å². The number of carbonyl (C=O) groups is 1. The van der Waals surface area contributed by atoms with Gasteiger partial charge in [0.25, 0.3) is 15.9 Å². The number of piperazine rings is 1. The van der Waals surface area contributed by atoms with Crippen LogP contribution in [0.15, 0.2) is 89.5 Å². The number of carbonyl (C=O) groups excluding carboxylic acids is 1. The Balaban J connectivity index is 0.967. The first kappa shape index (κ1) is 49.2. The topological polar surface area (TPSA) is 197 Å². The number of hydrogen-bond donors (Lipinski definition) is 4. The van der Waals surface area contributed by atoms with Crippen molar-refractivity contribution in [2.24, 2.45) is 11.3 Å². The van der Waals surface area contributed by atoms with E-state index in [0.717, 1.165) is 62.3 Å². The lowest BCUT2D eigenvalue weighted by Gasteiger charge is -2.45. The molecule has 1 amide bonds. The van der Waals surface area contributed by atoms with E-state index < -0.39 is 15.9 Å². The molecule has 71 heavy (non-hydrogen) atoms. The Kier molecular flexibility index (Phi) is 14.5. The molecule has 0 saturated carbocycles. The van der Waals surface area contributed by atoms with Crippen LogP contribution in [0.3, 0.4) is 0 Å². The van der Waals surface area contributed by atoms with Crippen molar-refractivity contribution in [1.82, 2.24) is 19.6 Å². The fourth-order valence-corrected chi connectivity index (χ4v) is 11.8. The molecular formula is C52H62ClN8O9S-. The summed E-state index contributed by atoms with van der Waals surface area (Å²) in [7, 11) is -4.58. The van der Waals surface area contributed by atoms with Crippen LogP contribution in [0, 0.1) is 16.5 Å². The Hall–Kier alpha value is -5.44. The molecule has 2 aromatic heterocycles. The van der Waals surface area contributed by atoms with Gasteiger partial charge in [-0.2, -0.15) is 4.98 Å². The zero-order valence-electron chi connectivity index (χ0n) is 40.2. The summed E-state index contributed by atoms with van der Waals surface area (Å²) in [4.78, 5) is 29.0. The van der Waals surface area contributed by atoms with Crippen molar-refractivity contribution in [2.75, 3.05) is 99.3 Å². The minimum Gasteiger partial charge on any atom is -0.733 e. The number of fused-ring (bicyclic) bond motifs is 4. The van der Waals surface area contributed by atoms with Crippen molar-refractivity contribution in [3.63, 3.8) is 0 Å². The minimum absolute atomic E-state index is 0.0173. The number of amides is 1. The summed E-state index contributed by atoms with van der Waals surface area (Å²) in [6.45, 7) is 11.7. The second-order valence-corrected chi connectivity index (χ2v) is 22.1. The van der Waals surface area contributed by atoms with E-state index in [1.807, 2.05) is 41.3 Å². The summed E-state index contributed by atoms with van der Waals surface area (Å²) in [5.74, 6) is -0.209. The fourth-order valence-electron chi connectivity index (χ4n) is 10.7. The summed E-state index contributed by atoms with van der Waals surface area (Å²) in [5.41, 5.74) is 6.50. The van der Waals surface area contributed by atoms with Crippen LogP contribution in [0.1, 0.15) is 68.3 Å². The lowest BCUT2D eigenvalue weighted by atomic mass is 9.71. The number of nitrogens with zero attached hydrogens (tertiary/aromatic N) is 5. The highest BCUT2D eigenvalue weighted by atomic mass is 35.5. The molecule has 0 bridgehead atoms. The average molecular weight is 1010 g/mol. The van der Waals surface area contributed by atoms with Crippen LogP contribution in [0.5, 0.6) is 5.88 Å². The second kappa shape index (κ2) is 21.0. The number of aromatic nitrogens is 2. The number of anilines is 5. The molecule has 10 rings (SSSR count). The van der Waals surface area contributed by atoms with Crippen LogP contribution in [-0.4, -0.2) is 125 Å². The Morgan fingerprint density at radius 3 is 2.61 bits per heavy atom. The number of allylic oxidation sites excluding steroid dienone is 1. The Labute approximate surface area is 419 Å². The van der Waals surface area contributed by atoms with E-state index >= 15 is 0 Å². The van der Waals surface area contributed by atoms with Gasteiger partial charge >= 0.3 is 0 Å². The maximum atomic E-state index is 14.6. The standard InChI is InChI=1S/C52H62ClN8O9S/c1-52(2)28-42(35-5-7-37(53)8-6-35)43-32-59-19-18-58(31-39(59)33-68-20-4-22-69-48(43)29-52)38-9-11-41(45(26-38)60-17-3-21-70-51-47(60)25-36-13-16-54-49(36)56-51)50(62)57-71(65,66)40-10-12-44(46(27-40)61(63)64)55-30-34-14-23-67-24-15-34/h5-13,16,25-27,34,39,48,55,63H,3-4,14-15,17-24,28-33H2,1-2H3,(H,54,56)(H,57,62)/q-1/t39?,48-/m1/s1. The monoisotopic (exact) mass is 1010 g/mol. The summed E-state index contributed by atoms with van der Waals surface area (Å²) >= 11 is 6.38. The molecule has 3 saturated heterocycles. The first-order valence-electron chi connectivity index (χ1n) is 24.7. The second-order valence-electron chi connectivity index (χ2n) is 20.0. The third kappa shape index (κ3) is 11.0. The van der Waals surface area contributed by atoms with Crippen molar-refractivity contribution in [3.05, 3.63) is 106 Å². The molecule has 17 nitrogen and oxygen atoms in total. The van der Waals surface area contributed by atoms with Crippen molar-refractivity contribution in [1.29, 1.82) is 0 Å². The highest BCUT2D eigenvalue weighted by Crippen LogP contribution is 2.46. The van der Waals surface area contributed by atoms with Gasteiger partial charge in [-0.25, -0.2) is 13.1 Å². The number of aromatic amines is 1. The SMILES string of the molecule is CC1(C)CC(c2ccc(Cl)cc2)=C2CN3CCN(c4ccc(C(=O)NS(=O)(=O)c5ccc(NCC6CCOCC6)c(N([O-])O)c5)c(N5CCCOc6nc7[nH]ccc7cc65)c4)CC3COCCCO[C@@H]2C1. The molecule has 3 aromatic carbocycles. The molecule has 0 spiro atoms. The largest absolute Gasteiger partial charge is 0.733 e. The van der Waals surface area contributed by atoms with Crippen LogP contribution in [0.25, 0.3) is 16.6 Å². The van der Waals surface area contributed by atoms with E-state index in [0.29, 0.717) is 100 Å². The van der Waals surface area contributed by atoms with Crippen molar-refractivity contribution >= 4 is 72.6 Å². The van der Waals surface area contributed by atoms with Crippen LogP contribution < -0.4 is 29.8 Å². The Bertz CT molecular complexity index is 2870. The van der Waals surface area contributed by atoms with Crippen LogP contribution in [0.4, 0.5) is 28.4 Å². The van der Waals surface area contributed by atoms with E-state index in [1.165, 1.54) is 28.8 Å². The highest BCUT2D eigenvalue weighted by molar-refractivity contribution is 7.90. The smallest absolute Gasteiger partial charge is 0.267 e. The van der Waals surface area contributed by atoms with Crippen molar-refractivity contribution < 1.29 is 37.4 Å². The van der Waals surface area contributed by atoms with Crippen LogP contribution >= 0.6 is 11.6 Å². The van der Waals surface area contributed by atoms with Crippen molar-refractivity contribution in [3.8, 4) is 5.88 Å². The molecule has 4 N–H and O–H groups in total. The van der Waals surface area contributed by atoms with E-state index in [2.05, 4.69) is 50.8 Å². The van der Waals surface area contributed by atoms with E-state index in [9.17, 15) is 23.6 Å². The molecule has 378 valence electrons. The number of H-pyrrole nitrogens is 1. The van der Waals surface area contributed by atoms with Crippen LogP contribution in [-0.2, 0) is 24.2 Å². The van der Waals surface area contributed by atoms with E-state index in [4.69, 9.17) is 35.5 Å². The normalized spacial score (nSPS) is 21.5. The predicted octanol–water partition coefficient (Wildman–Crippen LogP) is 8.36. The highest BCUT2D eigenvalue weighted by Gasteiger charge is 2.39. The fraction of sp³-hybridized carbons (Fsp3) is 0.462.